The summed E-state index contributed by atoms with van der Waals surface area (Å²) in [4.78, 5) is 0. The summed E-state index contributed by atoms with van der Waals surface area (Å²) in [5.41, 5.74) is 18.5. The molecular formula is C46H40O. The molecule has 47 heavy (non-hydrogen) atoms. The number of hydrogen-bond acceptors (Lipinski definition) is 1. The molecule has 1 nitrogen and oxygen atoms in total. The monoisotopic (exact) mass is 608 g/mol. The second-order valence-corrected chi connectivity index (χ2v) is 13.7. The minimum Gasteiger partial charge on any atom is -0.456 e. The van der Waals surface area contributed by atoms with Crippen molar-refractivity contribution in [1.82, 2.24) is 0 Å². The maximum Gasteiger partial charge on any atom is 0.135 e. The quantitative estimate of drug-likeness (QED) is 0.183. The zero-order chi connectivity index (χ0) is 31.9. The third-order valence-corrected chi connectivity index (χ3v) is 12.1. The molecular weight excluding hydrogens is 569 g/mol. The van der Waals surface area contributed by atoms with Crippen molar-refractivity contribution in [2.24, 2.45) is 0 Å². The molecule has 1 aromatic heterocycles. The van der Waals surface area contributed by atoms with Crippen LogP contribution in [0.2, 0.25) is 0 Å². The molecule has 1 heterocycles. The minimum atomic E-state index is 0.0631. The molecule has 0 saturated heterocycles. The van der Waals surface area contributed by atoms with Crippen molar-refractivity contribution in [3.8, 4) is 44.5 Å². The van der Waals surface area contributed by atoms with Crippen molar-refractivity contribution >= 4 is 21.9 Å². The van der Waals surface area contributed by atoms with Gasteiger partial charge in [0.15, 0.2) is 0 Å². The van der Waals surface area contributed by atoms with Gasteiger partial charge in [-0.3, -0.25) is 0 Å². The zero-order valence-electron chi connectivity index (χ0n) is 27.8. The van der Waals surface area contributed by atoms with Crippen molar-refractivity contribution in [3.05, 3.63) is 144 Å². The molecule has 0 bridgehead atoms. The summed E-state index contributed by atoms with van der Waals surface area (Å²) in [5.74, 6) is 0. The Bertz CT molecular complexity index is 2190. The first-order valence-electron chi connectivity index (χ1n) is 17.5. The van der Waals surface area contributed by atoms with E-state index in [2.05, 4.69) is 149 Å². The van der Waals surface area contributed by atoms with E-state index in [9.17, 15) is 0 Å². The topological polar surface area (TPSA) is 13.1 Å². The van der Waals surface area contributed by atoms with Crippen molar-refractivity contribution in [2.45, 2.75) is 64.2 Å². The molecule has 0 atom stereocenters. The van der Waals surface area contributed by atoms with E-state index in [1.165, 1.54) is 77.5 Å². The Labute approximate surface area is 277 Å². The molecule has 7 aromatic rings. The molecule has 230 valence electrons. The average molecular weight is 609 g/mol. The highest BCUT2D eigenvalue weighted by atomic mass is 16.3. The van der Waals surface area contributed by atoms with Gasteiger partial charge >= 0.3 is 0 Å². The van der Waals surface area contributed by atoms with Crippen LogP contribution in [-0.4, -0.2) is 0 Å². The first kappa shape index (κ1) is 28.4. The van der Waals surface area contributed by atoms with E-state index >= 15 is 0 Å². The minimum absolute atomic E-state index is 0.0631. The lowest BCUT2D eigenvalue weighted by molar-refractivity contribution is 0.490. The van der Waals surface area contributed by atoms with Crippen molar-refractivity contribution in [3.63, 3.8) is 0 Å². The Morgan fingerprint density at radius 2 is 0.745 bits per heavy atom. The Hall–Kier alpha value is -4.88. The Morgan fingerprint density at radius 1 is 0.383 bits per heavy atom. The Kier molecular flexibility index (Phi) is 6.22. The fourth-order valence-corrected chi connectivity index (χ4v) is 9.43. The van der Waals surface area contributed by atoms with Crippen LogP contribution in [0.15, 0.2) is 126 Å². The first-order chi connectivity index (χ1) is 23.0. The van der Waals surface area contributed by atoms with E-state index in [0.29, 0.717) is 0 Å². The summed E-state index contributed by atoms with van der Waals surface area (Å²) in [6.07, 6.45) is 4.38. The van der Waals surface area contributed by atoms with E-state index in [0.717, 1.165) is 36.8 Å². The largest absolute Gasteiger partial charge is 0.456 e. The van der Waals surface area contributed by atoms with Crippen LogP contribution < -0.4 is 0 Å². The van der Waals surface area contributed by atoms with Gasteiger partial charge in [0.1, 0.15) is 11.2 Å². The maximum absolute atomic E-state index is 6.40. The first-order valence-corrected chi connectivity index (χ1v) is 17.5. The smallest absolute Gasteiger partial charge is 0.135 e. The second-order valence-electron chi connectivity index (χ2n) is 13.7. The lowest BCUT2D eigenvalue weighted by Gasteiger charge is -2.30. The van der Waals surface area contributed by atoms with Gasteiger partial charge in [-0.25, -0.2) is 0 Å². The highest BCUT2D eigenvalue weighted by Crippen LogP contribution is 2.55. The van der Waals surface area contributed by atoms with Gasteiger partial charge in [0.05, 0.1) is 0 Å². The van der Waals surface area contributed by atoms with Gasteiger partial charge in [0, 0.05) is 21.6 Å². The van der Waals surface area contributed by atoms with Gasteiger partial charge in [0.25, 0.3) is 0 Å². The third-order valence-electron chi connectivity index (χ3n) is 12.1. The molecule has 0 N–H and O–H groups in total. The van der Waals surface area contributed by atoms with E-state index in [4.69, 9.17) is 4.42 Å². The molecule has 9 rings (SSSR count). The lowest BCUT2D eigenvalue weighted by Crippen LogP contribution is -2.23. The third kappa shape index (κ3) is 3.77. The number of rotatable bonds is 6. The molecule has 0 saturated carbocycles. The second kappa shape index (κ2) is 10.3. The summed E-state index contributed by atoms with van der Waals surface area (Å²) >= 11 is 0. The lowest BCUT2D eigenvalue weighted by atomic mass is 9.73. The summed E-state index contributed by atoms with van der Waals surface area (Å²) in [6, 6.07) is 45.7. The van der Waals surface area contributed by atoms with Crippen LogP contribution in [0.1, 0.15) is 75.6 Å². The normalized spacial score (nSPS) is 15.1. The van der Waals surface area contributed by atoms with Gasteiger partial charge in [-0.05, 0) is 129 Å². The molecule has 0 amide bonds. The number of benzene rings is 6. The highest BCUT2D eigenvalue weighted by molar-refractivity contribution is 6.08. The number of hydrogen-bond donors (Lipinski definition) is 0. The van der Waals surface area contributed by atoms with Gasteiger partial charge in [0.2, 0.25) is 0 Å². The van der Waals surface area contributed by atoms with Crippen LogP contribution in [0.5, 0.6) is 0 Å². The van der Waals surface area contributed by atoms with Gasteiger partial charge in [-0.15, -0.1) is 0 Å². The van der Waals surface area contributed by atoms with Gasteiger partial charge < -0.3 is 4.42 Å². The van der Waals surface area contributed by atoms with E-state index in [-0.39, 0.29) is 10.8 Å². The highest BCUT2D eigenvalue weighted by Gasteiger charge is 2.41. The molecule has 2 aliphatic rings. The summed E-state index contributed by atoms with van der Waals surface area (Å²) in [5, 5.41) is 2.34. The van der Waals surface area contributed by atoms with E-state index in [1.807, 2.05) is 0 Å². The molecule has 0 unspecified atom stereocenters. The summed E-state index contributed by atoms with van der Waals surface area (Å²) < 4.78 is 6.40. The summed E-state index contributed by atoms with van der Waals surface area (Å²) in [7, 11) is 0. The molecule has 0 aliphatic heterocycles. The molecule has 6 aromatic carbocycles. The van der Waals surface area contributed by atoms with Crippen molar-refractivity contribution < 1.29 is 4.42 Å². The van der Waals surface area contributed by atoms with Crippen molar-refractivity contribution in [1.29, 1.82) is 0 Å². The van der Waals surface area contributed by atoms with Crippen LogP contribution >= 0.6 is 0 Å². The van der Waals surface area contributed by atoms with Gasteiger partial charge in [-0.2, -0.15) is 0 Å². The van der Waals surface area contributed by atoms with Crippen LogP contribution in [0, 0.1) is 0 Å². The van der Waals surface area contributed by atoms with E-state index < -0.39 is 0 Å². The standard InChI is InChI=1S/C46H40O/c1-5-45(6-2)39-15-11-9-13-33(39)35-21-17-31(27-41(35)45)29-19-23-43-37(25-29)38-26-30(20-24-44(38)47-43)32-18-22-36-34-14-10-12-16-40(34)46(7-3,8-4)42(36)28-32/h9-28H,5-8H2,1-4H3. The van der Waals surface area contributed by atoms with Crippen LogP contribution in [0.25, 0.3) is 66.4 Å². The molecule has 0 spiro atoms. The van der Waals surface area contributed by atoms with Crippen LogP contribution in [0.4, 0.5) is 0 Å². The summed E-state index contributed by atoms with van der Waals surface area (Å²) in [6.45, 7) is 9.36. The Morgan fingerprint density at radius 3 is 1.17 bits per heavy atom. The van der Waals surface area contributed by atoms with Crippen LogP contribution in [-0.2, 0) is 10.8 Å². The predicted octanol–water partition coefficient (Wildman–Crippen LogP) is 13.1. The number of fused-ring (bicyclic) bond motifs is 9. The Balaban J connectivity index is 1.15. The molecule has 2 aliphatic carbocycles. The predicted molar refractivity (Wildman–Crippen MR) is 198 cm³/mol. The average Bonchev–Trinajstić information content (AvgIpc) is 3.74. The van der Waals surface area contributed by atoms with E-state index in [1.54, 1.807) is 0 Å². The van der Waals surface area contributed by atoms with Crippen molar-refractivity contribution in [2.75, 3.05) is 0 Å². The molecule has 0 radical (unpaired) electrons. The maximum atomic E-state index is 6.40. The number of furan rings is 1. The molecule has 0 fully saturated rings. The SMILES string of the molecule is CCC1(CC)c2ccccc2-c2ccc(-c3ccc4oc5ccc(-c6ccc7c(c6)C(CC)(CC)c6ccccc6-7)cc5c4c3)cc21. The fourth-order valence-electron chi connectivity index (χ4n) is 9.43. The van der Waals surface area contributed by atoms with Gasteiger partial charge in [-0.1, -0.05) is 113 Å². The van der Waals surface area contributed by atoms with Crippen LogP contribution in [0.3, 0.4) is 0 Å². The zero-order valence-corrected chi connectivity index (χ0v) is 27.8. The molecule has 1 heteroatoms. The fraction of sp³-hybridized carbons (Fsp3) is 0.217.